The smallest absolute Gasteiger partial charge is 0.271 e. The first kappa shape index (κ1) is 23.9. The summed E-state index contributed by atoms with van der Waals surface area (Å²) >= 11 is 0. The molecule has 180 valence electrons. The lowest BCUT2D eigenvalue weighted by atomic mass is 9.86. The molecule has 3 aromatic rings. The molecule has 3 heterocycles. The Kier molecular flexibility index (Phi) is 7.26. The van der Waals surface area contributed by atoms with Gasteiger partial charge in [0, 0.05) is 37.7 Å². The van der Waals surface area contributed by atoms with Crippen LogP contribution in [0.15, 0.2) is 43.0 Å². The number of aryl methyl sites for hydroxylation is 1. The number of anilines is 1. The first-order valence-electron chi connectivity index (χ1n) is 11.9. The number of ether oxygens (including phenoxy) is 1. The van der Waals surface area contributed by atoms with Gasteiger partial charge in [-0.15, -0.1) is 0 Å². The molecule has 1 aromatic carbocycles. The second-order valence-electron chi connectivity index (χ2n) is 9.96. The summed E-state index contributed by atoms with van der Waals surface area (Å²) in [5, 5.41) is 6.29. The highest BCUT2D eigenvalue weighted by Gasteiger charge is 2.17. The van der Waals surface area contributed by atoms with Gasteiger partial charge in [0.1, 0.15) is 17.8 Å². The molecule has 0 radical (unpaired) electrons. The van der Waals surface area contributed by atoms with E-state index in [2.05, 4.69) is 58.5 Å². The van der Waals surface area contributed by atoms with Crippen LogP contribution < -0.4 is 10.6 Å². The Morgan fingerprint density at radius 1 is 1.26 bits per heavy atom. The lowest BCUT2D eigenvalue weighted by molar-refractivity contribution is 0.0594. The zero-order valence-electron chi connectivity index (χ0n) is 20.5. The summed E-state index contributed by atoms with van der Waals surface area (Å²) in [6.45, 7) is 11.3. The van der Waals surface area contributed by atoms with Crippen molar-refractivity contribution in [3.8, 4) is 5.82 Å². The van der Waals surface area contributed by atoms with Crippen LogP contribution in [0.3, 0.4) is 0 Å². The first-order chi connectivity index (χ1) is 16.3. The van der Waals surface area contributed by atoms with Gasteiger partial charge in [-0.2, -0.15) is 4.98 Å². The molecule has 0 aliphatic carbocycles. The van der Waals surface area contributed by atoms with E-state index in [0.29, 0.717) is 29.9 Å². The van der Waals surface area contributed by atoms with Crippen LogP contribution in [0, 0.1) is 12.8 Å². The van der Waals surface area contributed by atoms with E-state index in [1.54, 1.807) is 23.3 Å². The zero-order valence-corrected chi connectivity index (χ0v) is 20.5. The molecular formula is C26H34N6O2. The van der Waals surface area contributed by atoms with Gasteiger partial charge in [0.15, 0.2) is 0 Å². The van der Waals surface area contributed by atoms with Crippen LogP contribution in [0.1, 0.15) is 60.8 Å². The molecule has 0 spiro atoms. The number of imidazole rings is 1. The topological polar surface area (TPSA) is 94.0 Å². The molecule has 1 fully saturated rings. The normalized spacial score (nSPS) is 16.3. The van der Waals surface area contributed by atoms with Gasteiger partial charge in [-0.3, -0.25) is 9.36 Å². The molecule has 2 aromatic heterocycles. The predicted octanol–water partition coefficient (Wildman–Crippen LogP) is 4.04. The van der Waals surface area contributed by atoms with E-state index in [9.17, 15) is 4.79 Å². The van der Waals surface area contributed by atoms with E-state index in [1.807, 2.05) is 19.1 Å². The van der Waals surface area contributed by atoms with Crippen molar-refractivity contribution < 1.29 is 9.53 Å². The maximum Gasteiger partial charge on any atom is 0.271 e. The van der Waals surface area contributed by atoms with Crippen molar-refractivity contribution in [2.75, 3.05) is 25.1 Å². The third kappa shape index (κ3) is 5.99. The fourth-order valence-corrected chi connectivity index (χ4v) is 3.96. The van der Waals surface area contributed by atoms with Crippen molar-refractivity contribution >= 4 is 11.9 Å². The van der Waals surface area contributed by atoms with E-state index in [-0.39, 0.29) is 11.3 Å². The van der Waals surface area contributed by atoms with Gasteiger partial charge < -0.3 is 15.4 Å². The minimum atomic E-state index is -0.220. The van der Waals surface area contributed by atoms with E-state index in [4.69, 9.17) is 4.74 Å². The Labute approximate surface area is 201 Å². The van der Waals surface area contributed by atoms with E-state index < -0.39 is 0 Å². The van der Waals surface area contributed by atoms with Crippen molar-refractivity contribution in [1.29, 1.82) is 0 Å². The Bertz CT molecular complexity index is 1130. The number of benzene rings is 1. The van der Waals surface area contributed by atoms with Gasteiger partial charge in [-0.1, -0.05) is 45.0 Å². The molecular weight excluding hydrogens is 428 g/mol. The number of rotatable bonds is 7. The SMILES string of the molecule is Cc1cnc(NCC2CCCOC2)nc1-n1cnc(C(=O)NCc2cccc(C(C)(C)C)c2)c1. The van der Waals surface area contributed by atoms with Crippen molar-refractivity contribution in [3.63, 3.8) is 0 Å². The molecule has 1 saturated heterocycles. The van der Waals surface area contributed by atoms with Crippen LogP contribution in [0.2, 0.25) is 0 Å². The predicted molar refractivity (Wildman–Crippen MR) is 132 cm³/mol. The highest BCUT2D eigenvalue weighted by molar-refractivity contribution is 5.92. The van der Waals surface area contributed by atoms with Crippen LogP contribution in [-0.4, -0.2) is 45.2 Å². The second-order valence-corrected chi connectivity index (χ2v) is 9.96. The number of carbonyl (C=O) groups excluding carboxylic acids is 1. The zero-order chi connectivity index (χ0) is 24.1. The third-order valence-electron chi connectivity index (χ3n) is 6.05. The average molecular weight is 463 g/mol. The summed E-state index contributed by atoms with van der Waals surface area (Å²) in [4.78, 5) is 26.1. The quantitative estimate of drug-likeness (QED) is 0.550. The van der Waals surface area contributed by atoms with Crippen molar-refractivity contribution in [2.45, 2.75) is 52.5 Å². The minimum absolute atomic E-state index is 0.0616. The number of nitrogens with zero attached hydrogens (tertiary/aromatic N) is 4. The number of aromatic nitrogens is 4. The van der Waals surface area contributed by atoms with Crippen molar-refractivity contribution in [2.24, 2.45) is 5.92 Å². The van der Waals surface area contributed by atoms with Crippen LogP contribution in [0.25, 0.3) is 5.82 Å². The lowest BCUT2D eigenvalue weighted by Gasteiger charge is -2.22. The Balaban J connectivity index is 1.40. The molecule has 1 aliphatic rings. The molecule has 8 heteroatoms. The van der Waals surface area contributed by atoms with Crippen LogP contribution in [0.4, 0.5) is 5.95 Å². The fourth-order valence-electron chi connectivity index (χ4n) is 3.96. The number of carbonyl (C=O) groups is 1. The molecule has 34 heavy (non-hydrogen) atoms. The summed E-state index contributed by atoms with van der Waals surface area (Å²) in [5.74, 6) is 1.50. The van der Waals surface area contributed by atoms with Gasteiger partial charge in [0.2, 0.25) is 5.95 Å². The number of hydrogen-bond acceptors (Lipinski definition) is 6. The molecule has 8 nitrogen and oxygen atoms in total. The largest absolute Gasteiger partial charge is 0.381 e. The summed E-state index contributed by atoms with van der Waals surface area (Å²) in [6, 6.07) is 8.30. The van der Waals surface area contributed by atoms with Crippen molar-refractivity contribution in [3.05, 3.63) is 65.4 Å². The third-order valence-corrected chi connectivity index (χ3v) is 6.05. The fraction of sp³-hybridized carbons (Fsp3) is 0.462. The monoisotopic (exact) mass is 462 g/mol. The molecule has 0 bridgehead atoms. The highest BCUT2D eigenvalue weighted by atomic mass is 16.5. The number of amides is 1. The van der Waals surface area contributed by atoms with Gasteiger partial charge in [-0.25, -0.2) is 9.97 Å². The van der Waals surface area contributed by atoms with Crippen LogP contribution >= 0.6 is 0 Å². The summed E-state index contributed by atoms with van der Waals surface area (Å²) in [6.07, 6.45) is 7.34. The van der Waals surface area contributed by atoms with Crippen molar-refractivity contribution in [1.82, 2.24) is 24.8 Å². The van der Waals surface area contributed by atoms with Crippen LogP contribution in [-0.2, 0) is 16.7 Å². The Morgan fingerprint density at radius 3 is 2.88 bits per heavy atom. The molecule has 1 amide bonds. The van der Waals surface area contributed by atoms with Gasteiger partial charge >= 0.3 is 0 Å². The number of hydrogen-bond donors (Lipinski definition) is 2. The van der Waals surface area contributed by atoms with E-state index in [1.165, 1.54) is 5.56 Å². The summed E-state index contributed by atoms with van der Waals surface area (Å²) in [7, 11) is 0. The van der Waals surface area contributed by atoms with Gasteiger partial charge in [-0.05, 0) is 42.2 Å². The summed E-state index contributed by atoms with van der Waals surface area (Å²) in [5.41, 5.74) is 3.61. The number of nitrogens with one attached hydrogen (secondary N) is 2. The molecule has 4 rings (SSSR count). The van der Waals surface area contributed by atoms with E-state index in [0.717, 1.165) is 43.7 Å². The van der Waals surface area contributed by atoms with Crippen LogP contribution in [0.5, 0.6) is 0 Å². The standard InChI is InChI=1S/C26H34N6O2/c1-18-12-28-25(29-14-20-8-6-10-34-16-20)31-23(18)32-15-22(30-17-32)24(33)27-13-19-7-5-9-21(11-19)26(2,3)4/h5,7,9,11-12,15,17,20H,6,8,10,13-14,16H2,1-4H3,(H,27,33)(H,28,29,31). The average Bonchev–Trinajstić information content (AvgIpc) is 3.32. The maximum atomic E-state index is 12.7. The highest BCUT2D eigenvalue weighted by Crippen LogP contribution is 2.23. The molecule has 1 atom stereocenters. The Morgan fingerprint density at radius 2 is 2.12 bits per heavy atom. The maximum absolute atomic E-state index is 12.7. The molecule has 1 unspecified atom stereocenters. The second kappa shape index (κ2) is 10.3. The minimum Gasteiger partial charge on any atom is -0.381 e. The van der Waals surface area contributed by atoms with Gasteiger partial charge in [0.25, 0.3) is 5.91 Å². The van der Waals surface area contributed by atoms with Gasteiger partial charge in [0.05, 0.1) is 6.61 Å². The summed E-state index contributed by atoms with van der Waals surface area (Å²) < 4.78 is 7.31. The first-order valence-corrected chi connectivity index (χ1v) is 11.9. The lowest BCUT2D eigenvalue weighted by Crippen LogP contribution is -2.25. The Hall–Kier alpha value is -3.26. The molecule has 0 saturated carbocycles. The molecule has 1 aliphatic heterocycles. The molecule has 2 N–H and O–H groups in total. The van der Waals surface area contributed by atoms with E-state index >= 15 is 0 Å².